The number of aliphatic hydroxyl groups excluding tert-OH is 1. The zero-order chi connectivity index (χ0) is 3.58. The second-order valence-corrected chi connectivity index (χ2v) is 1.09. The molecule has 32 valence electrons. The fourth-order valence-electron chi connectivity index (χ4n) is 0. The van der Waals surface area contributed by atoms with Gasteiger partial charge in [-0.3, -0.25) is 0 Å². The standard InChI is InChI=1S/C3H8O.3Na.3H/c1-3(2)4;;;;;;/h3-4H,1-2H3;;;;;;/q;3*+1;3*-1. The molecule has 0 atom stereocenters. The number of aliphatic hydroxyl groups is 1. The minimum atomic E-state index is -0.167. The van der Waals surface area contributed by atoms with Gasteiger partial charge in [0.1, 0.15) is 0 Å². The number of hydrogen-bond donors (Lipinski definition) is 1. The fraction of sp³-hybridized carbons (Fsp3) is 1.00. The molecule has 1 N–H and O–H groups in total. The molecular weight excluding hydrogens is 121 g/mol. The third-order valence-electron chi connectivity index (χ3n) is 0. The van der Waals surface area contributed by atoms with E-state index in [0.29, 0.717) is 0 Å². The molecule has 0 aromatic carbocycles. The van der Waals surface area contributed by atoms with E-state index in [0.717, 1.165) is 0 Å². The van der Waals surface area contributed by atoms with Crippen LogP contribution in [0.2, 0.25) is 0 Å². The van der Waals surface area contributed by atoms with Crippen LogP contribution < -0.4 is 88.7 Å². The molecular formula is C3H11Na3O. The van der Waals surface area contributed by atoms with E-state index in [-0.39, 0.29) is 99.1 Å². The molecule has 0 heterocycles. The molecule has 0 saturated heterocycles. The van der Waals surface area contributed by atoms with Crippen LogP contribution in [-0.2, 0) is 0 Å². The van der Waals surface area contributed by atoms with E-state index in [4.69, 9.17) is 5.11 Å². The van der Waals surface area contributed by atoms with E-state index >= 15 is 0 Å². The molecule has 0 bridgehead atoms. The minimum Gasteiger partial charge on any atom is -1.00 e. The molecule has 0 aliphatic heterocycles. The van der Waals surface area contributed by atoms with Gasteiger partial charge in [0, 0.05) is 6.10 Å². The Balaban J connectivity index is -0.00000000300. The Kier molecular flexibility index (Phi) is 51.4. The van der Waals surface area contributed by atoms with Crippen molar-refractivity contribution in [2.75, 3.05) is 0 Å². The molecule has 0 aliphatic rings. The average molecular weight is 132 g/mol. The maximum atomic E-state index is 8.06. The number of hydrogen-bond acceptors (Lipinski definition) is 1. The molecule has 0 rings (SSSR count). The summed E-state index contributed by atoms with van der Waals surface area (Å²) in [5, 5.41) is 8.06. The van der Waals surface area contributed by atoms with Crippen LogP contribution in [0.3, 0.4) is 0 Å². The normalized spacial score (nSPS) is 5.14. The molecule has 7 heavy (non-hydrogen) atoms. The molecule has 0 saturated carbocycles. The second kappa shape index (κ2) is 16.0. The SMILES string of the molecule is CC(C)O.[H-].[H-].[H-].[Na+].[Na+].[Na+]. The van der Waals surface area contributed by atoms with Gasteiger partial charge in [0.15, 0.2) is 0 Å². The van der Waals surface area contributed by atoms with Crippen LogP contribution in [0, 0.1) is 0 Å². The van der Waals surface area contributed by atoms with E-state index in [2.05, 4.69) is 0 Å². The maximum Gasteiger partial charge on any atom is 1.00 e. The Morgan fingerprint density at radius 1 is 1.14 bits per heavy atom. The summed E-state index contributed by atoms with van der Waals surface area (Å²) in [5.41, 5.74) is 0. The third kappa shape index (κ3) is 49.5. The van der Waals surface area contributed by atoms with Crippen LogP contribution >= 0.6 is 0 Å². The van der Waals surface area contributed by atoms with Crippen LogP contribution in [0.1, 0.15) is 18.1 Å². The van der Waals surface area contributed by atoms with Crippen LogP contribution in [-0.4, -0.2) is 11.2 Å². The van der Waals surface area contributed by atoms with Gasteiger partial charge in [0.25, 0.3) is 0 Å². The predicted octanol–water partition coefficient (Wildman–Crippen LogP) is -8.26. The van der Waals surface area contributed by atoms with Gasteiger partial charge in [-0.05, 0) is 13.8 Å². The summed E-state index contributed by atoms with van der Waals surface area (Å²) in [6.45, 7) is 3.44. The van der Waals surface area contributed by atoms with E-state index < -0.39 is 0 Å². The smallest absolute Gasteiger partial charge is 1.00 e. The van der Waals surface area contributed by atoms with Crippen molar-refractivity contribution in [3.63, 3.8) is 0 Å². The van der Waals surface area contributed by atoms with E-state index in [1.54, 1.807) is 13.8 Å². The molecule has 0 spiro atoms. The molecule has 0 fully saturated rings. The quantitative estimate of drug-likeness (QED) is 0.324. The zero-order valence-corrected chi connectivity index (χ0v) is 12.0. The second-order valence-electron chi connectivity index (χ2n) is 1.09. The zero-order valence-electron chi connectivity index (χ0n) is 9.02. The van der Waals surface area contributed by atoms with Gasteiger partial charge >= 0.3 is 88.7 Å². The summed E-state index contributed by atoms with van der Waals surface area (Å²) >= 11 is 0. The minimum absolute atomic E-state index is 0. The molecule has 0 aliphatic carbocycles. The topological polar surface area (TPSA) is 20.2 Å². The van der Waals surface area contributed by atoms with Crippen molar-refractivity contribution >= 4 is 0 Å². The monoisotopic (exact) mass is 132 g/mol. The molecule has 0 radical (unpaired) electrons. The number of rotatable bonds is 0. The van der Waals surface area contributed by atoms with Crippen molar-refractivity contribution in [1.29, 1.82) is 0 Å². The van der Waals surface area contributed by atoms with E-state index in [1.807, 2.05) is 0 Å². The summed E-state index contributed by atoms with van der Waals surface area (Å²) in [7, 11) is 0. The van der Waals surface area contributed by atoms with Gasteiger partial charge in [-0.1, -0.05) is 0 Å². The Morgan fingerprint density at radius 2 is 1.14 bits per heavy atom. The van der Waals surface area contributed by atoms with Crippen molar-refractivity contribution in [2.24, 2.45) is 0 Å². The summed E-state index contributed by atoms with van der Waals surface area (Å²) < 4.78 is 0. The Bertz CT molecular complexity index is 23.7. The first kappa shape index (κ1) is 22.5. The van der Waals surface area contributed by atoms with Crippen LogP contribution in [0.4, 0.5) is 0 Å². The molecule has 0 unspecified atom stereocenters. The van der Waals surface area contributed by atoms with Gasteiger partial charge in [0.2, 0.25) is 0 Å². The summed E-state index contributed by atoms with van der Waals surface area (Å²) in [6, 6.07) is 0. The Hall–Kier alpha value is 2.96. The van der Waals surface area contributed by atoms with E-state index in [1.165, 1.54) is 0 Å². The van der Waals surface area contributed by atoms with Crippen LogP contribution in [0.25, 0.3) is 0 Å². The van der Waals surface area contributed by atoms with Crippen molar-refractivity contribution in [3.8, 4) is 0 Å². The first-order valence-electron chi connectivity index (χ1n) is 1.41. The molecule has 4 heteroatoms. The Morgan fingerprint density at radius 3 is 1.14 bits per heavy atom. The van der Waals surface area contributed by atoms with Gasteiger partial charge in [-0.15, -0.1) is 0 Å². The maximum absolute atomic E-state index is 8.06. The van der Waals surface area contributed by atoms with Crippen molar-refractivity contribution in [1.82, 2.24) is 0 Å². The Labute approximate surface area is 116 Å². The van der Waals surface area contributed by atoms with Gasteiger partial charge < -0.3 is 9.39 Å². The molecule has 0 aromatic rings. The molecule has 1 nitrogen and oxygen atoms in total. The van der Waals surface area contributed by atoms with Gasteiger partial charge in [-0.25, -0.2) is 0 Å². The fourth-order valence-corrected chi connectivity index (χ4v) is 0. The molecule has 0 amide bonds. The summed E-state index contributed by atoms with van der Waals surface area (Å²) in [6.07, 6.45) is -0.167. The van der Waals surface area contributed by atoms with Crippen molar-refractivity contribution < 1.29 is 98.1 Å². The molecule has 0 aromatic heterocycles. The first-order valence-corrected chi connectivity index (χ1v) is 1.41. The van der Waals surface area contributed by atoms with Gasteiger partial charge in [-0.2, -0.15) is 0 Å². The first-order chi connectivity index (χ1) is 1.73. The third-order valence-corrected chi connectivity index (χ3v) is 0. The summed E-state index contributed by atoms with van der Waals surface area (Å²) in [4.78, 5) is 0. The van der Waals surface area contributed by atoms with Crippen LogP contribution in [0.15, 0.2) is 0 Å². The van der Waals surface area contributed by atoms with Crippen molar-refractivity contribution in [3.05, 3.63) is 0 Å². The summed E-state index contributed by atoms with van der Waals surface area (Å²) in [5.74, 6) is 0. The van der Waals surface area contributed by atoms with Crippen LogP contribution in [0.5, 0.6) is 0 Å². The van der Waals surface area contributed by atoms with Crippen molar-refractivity contribution in [2.45, 2.75) is 20.0 Å². The van der Waals surface area contributed by atoms with Gasteiger partial charge in [0.05, 0.1) is 0 Å². The average Bonchev–Trinajstić information content (AvgIpc) is 0.811. The van der Waals surface area contributed by atoms with E-state index in [9.17, 15) is 0 Å². The largest absolute Gasteiger partial charge is 1.00 e. The predicted molar refractivity (Wildman–Crippen MR) is 20.7 cm³/mol.